The number of benzene rings is 2. The molecular formula is C32H39Cl2F2N3O4. The van der Waals surface area contributed by atoms with E-state index in [1.807, 2.05) is 34.6 Å². The van der Waals surface area contributed by atoms with Crippen LogP contribution < -0.4 is 5.32 Å². The zero-order valence-electron chi connectivity index (χ0n) is 25.1. The highest BCUT2D eigenvalue weighted by atomic mass is 35.5. The van der Waals surface area contributed by atoms with E-state index in [0.717, 1.165) is 6.07 Å². The number of rotatable bonds is 9. The number of nitriles is 1. The number of carbonyl (C=O) groups is 1. The van der Waals surface area contributed by atoms with Gasteiger partial charge in [0.2, 0.25) is 5.91 Å². The number of β-amino-alcohol motifs (C(OH)–C–C–N with tert-alkyl or cyclic N) is 1. The molecular weight excluding hydrogens is 599 g/mol. The number of carbonyl (C=O) groups excluding carboxylic acids is 1. The van der Waals surface area contributed by atoms with Gasteiger partial charge in [0, 0.05) is 35.6 Å². The number of nitrogens with zero attached hydrogens (tertiary/aromatic N) is 2. The van der Waals surface area contributed by atoms with Gasteiger partial charge in [-0.25, -0.2) is 8.78 Å². The van der Waals surface area contributed by atoms with E-state index in [9.17, 15) is 15.2 Å². The average Bonchev–Trinajstić information content (AvgIpc) is 3.39. The largest absolute Gasteiger partial charge is 0.395 e. The Morgan fingerprint density at radius 1 is 1.23 bits per heavy atom. The lowest BCUT2D eigenvalue weighted by Crippen LogP contribution is -2.50. The summed E-state index contributed by atoms with van der Waals surface area (Å²) in [7, 11) is 0. The van der Waals surface area contributed by atoms with Crippen molar-refractivity contribution < 1.29 is 28.2 Å². The fraction of sp³-hybridized carbons (Fsp3) is 0.562. The number of likely N-dealkylation sites (tertiary alicyclic amines) is 1. The second-order valence-corrected chi connectivity index (χ2v) is 13.8. The van der Waals surface area contributed by atoms with E-state index in [2.05, 4.69) is 11.4 Å². The molecule has 0 spiro atoms. The first-order valence-electron chi connectivity index (χ1n) is 14.4. The monoisotopic (exact) mass is 637 g/mol. The summed E-state index contributed by atoms with van der Waals surface area (Å²) in [6.07, 6.45) is 0.551. The molecule has 0 radical (unpaired) electrons. The Hall–Kier alpha value is -2.32. The minimum atomic E-state index is -1.77. The summed E-state index contributed by atoms with van der Waals surface area (Å²) in [5.74, 6) is -3.94. The molecule has 0 unspecified atom stereocenters. The molecule has 2 N–H and O–H groups in total. The Kier molecular flexibility index (Phi) is 10.1. The van der Waals surface area contributed by atoms with Crippen LogP contribution in [-0.2, 0) is 19.7 Å². The summed E-state index contributed by atoms with van der Waals surface area (Å²) in [6, 6.07) is 8.85. The lowest BCUT2D eigenvalue weighted by Gasteiger charge is -2.39. The van der Waals surface area contributed by atoms with Gasteiger partial charge >= 0.3 is 0 Å². The van der Waals surface area contributed by atoms with Gasteiger partial charge in [-0.3, -0.25) is 9.69 Å². The van der Waals surface area contributed by atoms with Gasteiger partial charge in [0.05, 0.1) is 36.5 Å². The van der Waals surface area contributed by atoms with Gasteiger partial charge in [0.1, 0.15) is 17.0 Å². The third-order valence-corrected chi connectivity index (χ3v) is 8.76. The summed E-state index contributed by atoms with van der Waals surface area (Å²) in [6.45, 7) is 9.78. The Balaban J connectivity index is 1.89. The molecule has 43 heavy (non-hydrogen) atoms. The number of nitrogens with one attached hydrogen (secondary N) is 1. The number of halogens is 4. The van der Waals surface area contributed by atoms with Gasteiger partial charge in [-0.1, -0.05) is 62.2 Å². The smallest absolute Gasteiger partial charge is 0.238 e. The van der Waals surface area contributed by atoms with E-state index in [4.69, 9.17) is 32.7 Å². The Morgan fingerprint density at radius 3 is 2.53 bits per heavy atom. The van der Waals surface area contributed by atoms with Crippen molar-refractivity contribution in [1.29, 1.82) is 5.26 Å². The van der Waals surface area contributed by atoms with Crippen molar-refractivity contribution in [3.8, 4) is 6.07 Å². The molecule has 2 fully saturated rings. The minimum absolute atomic E-state index is 0.00463. The Bertz CT molecular complexity index is 1380. The van der Waals surface area contributed by atoms with Crippen molar-refractivity contribution in [3.63, 3.8) is 0 Å². The number of ether oxygens (including phenoxy) is 2. The van der Waals surface area contributed by atoms with Crippen molar-refractivity contribution in [2.24, 2.45) is 5.41 Å². The topological polar surface area (TPSA) is 94.8 Å². The van der Waals surface area contributed by atoms with Crippen LogP contribution in [0.1, 0.15) is 64.5 Å². The van der Waals surface area contributed by atoms with E-state index >= 15 is 8.78 Å². The molecule has 0 bridgehead atoms. The van der Waals surface area contributed by atoms with Crippen molar-refractivity contribution in [1.82, 2.24) is 10.2 Å². The van der Waals surface area contributed by atoms with Crippen LogP contribution in [0.25, 0.3) is 0 Å². The lowest BCUT2D eigenvalue weighted by molar-refractivity contribution is -0.139. The fourth-order valence-electron chi connectivity index (χ4n) is 6.59. The molecule has 0 saturated carbocycles. The first-order chi connectivity index (χ1) is 20.1. The summed E-state index contributed by atoms with van der Waals surface area (Å²) in [5.41, 5.74) is -2.16. The summed E-state index contributed by atoms with van der Waals surface area (Å²) >= 11 is 12.4. The highest BCUT2D eigenvalue weighted by Crippen LogP contribution is 2.56. The zero-order valence-corrected chi connectivity index (χ0v) is 26.6. The standard InChI is InChI=1S/C32H39Cl2F2N3O4/c1-30(2,3)16-25-32(18-37,22-10-9-19(33)15-24(22)35)26(21-7-6-8-23(34)27(21)36)28(39(25)13-14-40)29(41)38-12-11-20-17-42-31(4,5)43-20/h6-10,15,20,25-26,28,40H,11-14,16-17H2,1-5H3,(H,38,41)/t20-,25-,26-,28+,32-/m0/s1. The second-order valence-electron chi connectivity index (χ2n) is 12.9. The average molecular weight is 639 g/mol. The molecule has 2 aliphatic heterocycles. The van der Waals surface area contributed by atoms with E-state index in [1.54, 1.807) is 11.0 Å². The van der Waals surface area contributed by atoms with Gasteiger partial charge in [-0.15, -0.1) is 0 Å². The van der Waals surface area contributed by atoms with E-state index in [-0.39, 0.29) is 47.0 Å². The maximum absolute atomic E-state index is 16.0. The van der Waals surface area contributed by atoms with Gasteiger partial charge in [0.15, 0.2) is 5.79 Å². The summed E-state index contributed by atoms with van der Waals surface area (Å²) in [5, 5.41) is 24.2. The molecule has 0 aromatic heterocycles. The predicted octanol–water partition coefficient (Wildman–Crippen LogP) is 5.96. The molecule has 1 amide bonds. The van der Waals surface area contributed by atoms with Crippen LogP contribution in [0.2, 0.25) is 10.0 Å². The maximum Gasteiger partial charge on any atom is 0.238 e. The number of aliphatic hydroxyl groups excluding tert-OH is 1. The number of hydrogen-bond acceptors (Lipinski definition) is 6. The molecule has 2 saturated heterocycles. The van der Waals surface area contributed by atoms with E-state index in [0.29, 0.717) is 19.4 Å². The quantitative estimate of drug-likeness (QED) is 0.353. The van der Waals surface area contributed by atoms with Crippen molar-refractivity contribution in [2.45, 2.75) is 82.8 Å². The normalized spacial score (nSPS) is 27.3. The molecule has 2 aromatic rings. The van der Waals surface area contributed by atoms with E-state index < -0.39 is 52.2 Å². The molecule has 11 heteroatoms. The highest BCUT2D eigenvalue weighted by molar-refractivity contribution is 6.31. The highest BCUT2D eigenvalue weighted by Gasteiger charge is 2.64. The third-order valence-electron chi connectivity index (χ3n) is 8.23. The van der Waals surface area contributed by atoms with Gasteiger partial charge in [0.25, 0.3) is 0 Å². The first-order valence-corrected chi connectivity index (χ1v) is 15.2. The number of amides is 1. The molecule has 234 valence electrons. The first kappa shape index (κ1) is 33.6. The zero-order chi connectivity index (χ0) is 31.7. The maximum atomic E-state index is 16.0. The van der Waals surface area contributed by atoms with E-state index in [1.165, 1.54) is 24.3 Å². The van der Waals surface area contributed by atoms with Gasteiger partial charge in [-0.05, 0) is 55.9 Å². The van der Waals surface area contributed by atoms with Gasteiger partial charge < -0.3 is 19.9 Å². The molecule has 2 aromatic carbocycles. The van der Waals surface area contributed by atoms with Crippen LogP contribution in [0, 0.1) is 28.4 Å². The second kappa shape index (κ2) is 13.0. The van der Waals surface area contributed by atoms with Crippen LogP contribution in [-0.4, -0.2) is 66.2 Å². The number of aliphatic hydroxyl groups is 1. The lowest BCUT2D eigenvalue weighted by atomic mass is 9.62. The van der Waals surface area contributed by atoms with Gasteiger partial charge in [-0.2, -0.15) is 5.26 Å². The van der Waals surface area contributed by atoms with Crippen LogP contribution >= 0.6 is 23.2 Å². The summed E-state index contributed by atoms with van der Waals surface area (Å²) < 4.78 is 43.4. The molecule has 4 rings (SSSR count). The van der Waals surface area contributed by atoms with Crippen LogP contribution in [0.5, 0.6) is 0 Å². The van der Waals surface area contributed by atoms with Crippen molar-refractivity contribution >= 4 is 29.1 Å². The molecule has 7 nitrogen and oxygen atoms in total. The SMILES string of the molecule is CC(C)(C)C[C@@H]1N(CCO)[C@@H](C(=O)NCC[C@H]2COC(C)(C)O2)[C@H](c2cccc(Cl)c2F)[C@@]1(C#N)c1ccc(Cl)cc1F. The number of hydrogen-bond donors (Lipinski definition) is 2. The van der Waals surface area contributed by atoms with Crippen LogP contribution in [0.15, 0.2) is 36.4 Å². The summed E-state index contributed by atoms with van der Waals surface area (Å²) in [4.78, 5) is 15.9. The van der Waals surface area contributed by atoms with Crippen molar-refractivity contribution in [3.05, 3.63) is 69.2 Å². The predicted molar refractivity (Wildman–Crippen MR) is 161 cm³/mol. The fourth-order valence-corrected chi connectivity index (χ4v) is 6.93. The Morgan fingerprint density at radius 2 is 1.95 bits per heavy atom. The minimum Gasteiger partial charge on any atom is -0.395 e. The Labute approximate surface area is 262 Å². The third kappa shape index (κ3) is 6.85. The molecule has 2 heterocycles. The van der Waals surface area contributed by atoms with Crippen molar-refractivity contribution in [2.75, 3.05) is 26.3 Å². The molecule has 0 aliphatic carbocycles. The molecule has 5 atom stereocenters. The van der Waals surface area contributed by atoms with Crippen LogP contribution in [0.4, 0.5) is 8.78 Å². The van der Waals surface area contributed by atoms with Crippen LogP contribution in [0.3, 0.4) is 0 Å². The molecule has 2 aliphatic rings.